The van der Waals surface area contributed by atoms with Crippen LogP contribution in [0.1, 0.15) is 48.4 Å². The van der Waals surface area contributed by atoms with Crippen LogP contribution in [0, 0.1) is 5.92 Å². The van der Waals surface area contributed by atoms with Gasteiger partial charge in [0, 0.05) is 18.9 Å². The van der Waals surface area contributed by atoms with Gasteiger partial charge in [0.05, 0.1) is 24.3 Å². The van der Waals surface area contributed by atoms with E-state index in [4.69, 9.17) is 9.47 Å². The van der Waals surface area contributed by atoms with Gasteiger partial charge in [0.2, 0.25) is 0 Å². The van der Waals surface area contributed by atoms with Crippen LogP contribution in [0.3, 0.4) is 0 Å². The Bertz CT molecular complexity index is 413. The van der Waals surface area contributed by atoms with Crippen LogP contribution in [0.4, 0.5) is 0 Å². The third-order valence-electron chi connectivity index (χ3n) is 2.45. The van der Waals surface area contributed by atoms with Crippen LogP contribution in [-0.4, -0.2) is 29.7 Å². The second kappa shape index (κ2) is 6.97. The Morgan fingerprint density at radius 3 is 1.79 bits per heavy atom. The van der Waals surface area contributed by atoms with E-state index in [0.717, 1.165) is 6.54 Å². The fraction of sp³-hybridized carbons (Fsp3) is 0.571. The Hall–Kier alpha value is -1.78. The lowest BCUT2D eigenvalue weighted by molar-refractivity contribution is 0.0480. The average Bonchev–Trinajstić information content (AvgIpc) is 2.72. The van der Waals surface area contributed by atoms with Crippen molar-refractivity contribution in [2.75, 3.05) is 13.2 Å². The van der Waals surface area contributed by atoms with Crippen molar-refractivity contribution in [2.45, 2.75) is 34.2 Å². The molecule has 0 saturated heterocycles. The molecule has 0 saturated carbocycles. The summed E-state index contributed by atoms with van der Waals surface area (Å²) in [7, 11) is 0. The van der Waals surface area contributed by atoms with Gasteiger partial charge in [0.25, 0.3) is 0 Å². The molecular weight excluding hydrogens is 246 g/mol. The van der Waals surface area contributed by atoms with E-state index in [9.17, 15) is 9.59 Å². The molecule has 0 spiro atoms. The standard InChI is InChI=1S/C14H21NO4/c1-5-18-13(16)11-8-15(7-10(3)4)9-12(11)14(17)19-6-2/h8-10H,5-7H2,1-4H3. The van der Waals surface area contributed by atoms with Crippen molar-refractivity contribution in [3.05, 3.63) is 23.5 Å². The Kier molecular flexibility index (Phi) is 5.60. The maximum atomic E-state index is 11.8. The van der Waals surface area contributed by atoms with Crippen molar-refractivity contribution in [2.24, 2.45) is 5.92 Å². The highest BCUT2D eigenvalue weighted by Gasteiger charge is 2.22. The van der Waals surface area contributed by atoms with Crippen molar-refractivity contribution in [3.8, 4) is 0 Å². The lowest BCUT2D eigenvalue weighted by atomic mass is 10.2. The smallest absolute Gasteiger partial charge is 0.340 e. The lowest BCUT2D eigenvalue weighted by Crippen LogP contribution is -2.11. The molecule has 0 unspecified atom stereocenters. The Balaban J connectivity index is 3.06. The molecule has 0 aliphatic carbocycles. The monoisotopic (exact) mass is 267 g/mol. The molecule has 0 N–H and O–H groups in total. The molecule has 0 aromatic carbocycles. The number of hydrogen-bond acceptors (Lipinski definition) is 4. The van der Waals surface area contributed by atoms with E-state index in [-0.39, 0.29) is 24.3 Å². The summed E-state index contributed by atoms with van der Waals surface area (Å²) < 4.78 is 11.7. The van der Waals surface area contributed by atoms with Gasteiger partial charge in [-0.15, -0.1) is 0 Å². The summed E-state index contributed by atoms with van der Waals surface area (Å²) in [5.74, 6) is -0.571. The number of carbonyl (C=O) groups is 2. The SMILES string of the molecule is CCOC(=O)c1cn(CC(C)C)cc1C(=O)OCC. The van der Waals surface area contributed by atoms with E-state index in [1.807, 2.05) is 4.57 Å². The number of carbonyl (C=O) groups excluding carboxylic acids is 2. The quantitative estimate of drug-likeness (QED) is 0.743. The predicted octanol–water partition coefficient (Wildman–Crippen LogP) is 2.50. The molecule has 5 nitrogen and oxygen atoms in total. The maximum Gasteiger partial charge on any atom is 0.340 e. The summed E-state index contributed by atoms with van der Waals surface area (Å²) >= 11 is 0. The summed E-state index contributed by atoms with van der Waals surface area (Å²) in [6, 6.07) is 0. The van der Waals surface area contributed by atoms with Gasteiger partial charge in [-0.25, -0.2) is 9.59 Å². The van der Waals surface area contributed by atoms with Crippen LogP contribution < -0.4 is 0 Å². The third-order valence-corrected chi connectivity index (χ3v) is 2.45. The van der Waals surface area contributed by atoms with Crippen molar-refractivity contribution < 1.29 is 19.1 Å². The van der Waals surface area contributed by atoms with Gasteiger partial charge in [-0.05, 0) is 19.8 Å². The summed E-state index contributed by atoms with van der Waals surface area (Å²) in [5.41, 5.74) is 0.530. The number of hydrogen-bond donors (Lipinski definition) is 0. The van der Waals surface area contributed by atoms with Crippen LogP contribution in [0.2, 0.25) is 0 Å². The van der Waals surface area contributed by atoms with E-state index in [1.165, 1.54) is 0 Å². The van der Waals surface area contributed by atoms with E-state index in [1.54, 1.807) is 26.2 Å². The largest absolute Gasteiger partial charge is 0.462 e. The van der Waals surface area contributed by atoms with Crippen LogP contribution in [0.25, 0.3) is 0 Å². The van der Waals surface area contributed by atoms with Crippen molar-refractivity contribution in [1.29, 1.82) is 0 Å². The van der Waals surface area contributed by atoms with Gasteiger partial charge in [0.1, 0.15) is 0 Å². The number of esters is 2. The molecule has 1 heterocycles. The second-order valence-corrected chi connectivity index (χ2v) is 4.62. The molecule has 0 aliphatic heterocycles. The molecular formula is C14H21NO4. The number of ether oxygens (including phenoxy) is 2. The number of aromatic nitrogens is 1. The first-order chi connectivity index (χ1) is 8.99. The minimum atomic E-state index is -0.493. The third kappa shape index (κ3) is 4.12. The van der Waals surface area contributed by atoms with Crippen molar-refractivity contribution >= 4 is 11.9 Å². The zero-order valence-electron chi connectivity index (χ0n) is 11.9. The number of nitrogens with zero attached hydrogens (tertiary/aromatic N) is 1. The summed E-state index contributed by atoms with van der Waals surface area (Å²) in [6.07, 6.45) is 3.29. The van der Waals surface area contributed by atoms with Gasteiger partial charge in [-0.1, -0.05) is 13.8 Å². The van der Waals surface area contributed by atoms with Gasteiger partial charge in [0.15, 0.2) is 0 Å². The van der Waals surface area contributed by atoms with E-state index >= 15 is 0 Å². The topological polar surface area (TPSA) is 57.5 Å². The molecule has 0 bridgehead atoms. The maximum absolute atomic E-state index is 11.8. The van der Waals surface area contributed by atoms with Crippen molar-refractivity contribution in [3.63, 3.8) is 0 Å². The van der Waals surface area contributed by atoms with Gasteiger partial charge < -0.3 is 14.0 Å². The molecule has 5 heteroatoms. The molecule has 19 heavy (non-hydrogen) atoms. The fourth-order valence-electron chi connectivity index (χ4n) is 1.78. The van der Waals surface area contributed by atoms with E-state index < -0.39 is 11.9 Å². The molecule has 0 amide bonds. The Morgan fingerprint density at radius 1 is 1.05 bits per heavy atom. The van der Waals surface area contributed by atoms with Gasteiger partial charge in [-0.3, -0.25) is 0 Å². The average molecular weight is 267 g/mol. The first-order valence-electron chi connectivity index (χ1n) is 6.53. The molecule has 0 radical (unpaired) electrons. The molecule has 1 aromatic heterocycles. The van der Waals surface area contributed by atoms with Crippen LogP contribution in [0.15, 0.2) is 12.4 Å². The molecule has 0 atom stereocenters. The minimum absolute atomic E-state index is 0.265. The molecule has 0 aliphatic rings. The fourth-order valence-corrected chi connectivity index (χ4v) is 1.78. The minimum Gasteiger partial charge on any atom is -0.462 e. The highest BCUT2D eigenvalue weighted by molar-refractivity contribution is 6.03. The van der Waals surface area contributed by atoms with Crippen LogP contribution >= 0.6 is 0 Å². The molecule has 1 aromatic rings. The zero-order chi connectivity index (χ0) is 14.4. The van der Waals surface area contributed by atoms with Gasteiger partial charge in [-0.2, -0.15) is 0 Å². The summed E-state index contributed by atoms with van der Waals surface area (Å²) in [6.45, 7) is 8.86. The highest BCUT2D eigenvalue weighted by atomic mass is 16.5. The second-order valence-electron chi connectivity index (χ2n) is 4.62. The lowest BCUT2D eigenvalue weighted by Gasteiger charge is -2.04. The predicted molar refractivity (Wildman–Crippen MR) is 71.2 cm³/mol. The van der Waals surface area contributed by atoms with E-state index in [2.05, 4.69) is 13.8 Å². The molecule has 106 valence electrons. The first kappa shape index (κ1) is 15.3. The van der Waals surface area contributed by atoms with Gasteiger partial charge >= 0.3 is 11.9 Å². The highest BCUT2D eigenvalue weighted by Crippen LogP contribution is 2.15. The van der Waals surface area contributed by atoms with E-state index in [0.29, 0.717) is 5.92 Å². The Labute approximate surface area is 113 Å². The summed E-state index contributed by atoms with van der Waals surface area (Å²) in [4.78, 5) is 23.7. The molecule has 0 fully saturated rings. The number of rotatable bonds is 6. The molecule has 1 rings (SSSR count). The van der Waals surface area contributed by atoms with Crippen molar-refractivity contribution in [1.82, 2.24) is 4.57 Å². The Morgan fingerprint density at radius 2 is 1.47 bits per heavy atom. The first-order valence-corrected chi connectivity index (χ1v) is 6.53. The normalized spacial score (nSPS) is 10.6. The zero-order valence-corrected chi connectivity index (χ0v) is 11.9. The van der Waals surface area contributed by atoms with Crippen LogP contribution in [0.5, 0.6) is 0 Å². The summed E-state index contributed by atoms with van der Waals surface area (Å²) in [5, 5.41) is 0. The van der Waals surface area contributed by atoms with Crippen LogP contribution in [-0.2, 0) is 16.0 Å².